The van der Waals surface area contributed by atoms with Crippen molar-refractivity contribution in [3.63, 3.8) is 0 Å². The van der Waals surface area contributed by atoms with Gasteiger partial charge in [0.1, 0.15) is 0 Å². The summed E-state index contributed by atoms with van der Waals surface area (Å²) in [5.74, 6) is -0.166. The van der Waals surface area contributed by atoms with Crippen molar-refractivity contribution in [2.24, 2.45) is 0 Å². The molecule has 0 atom stereocenters. The quantitative estimate of drug-likeness (QED) is 0.493. The van der Waals surface area contributed by atoms with Gasteiger partial charge in [-0.3, -0.25) is 14.5 Å². The van der Waals surface area contributed by atoms with Crippen molar-refractivity contribution in [3.05, 3.63) is 0 Å². The van der Waals surface area contributed by atoms with E-state index in [4.69, 9.17) is 4.74 Å². The highest BCUT2D eigenvalue weighted by Crippen LogP contribution is 1.95. The molecule has 0 aromatic rings. The summed E-state index contributed by atoms with van der Waals surface area (Å²) in [6.45, 7) is 7.02. The van der Waals surface area contributed by atoms with E-state index in [0.29, 0.717) is 32.5 Å². The summed E-state index contributed by atoms with van der Waals surface area (Å²) < 4.78 is 4.82. The fraction of sp³-hybridized carbons (Fsp3) is 0.846. The van der Waals surface area contributed by atoms with Crippen LogP contribution in [0.15, 0.2) is 0 Å². The standard InChI is InChI=1S/C13H25N3O3/c1-2-19-13(18)5-3-7-15-12(17)11-16-9-4-6-14-8-10-16/h14H,2-11H2,1H3,(H,15,17). The van der Waals surface area contributed by atoms with E-state index in [1.165, 1.54) is 0 Å². The van der Waals surface area contributed by atoms with Gasteiger partial charge in [-0.25, -0.2) is 0 Å². The smallest absolute Gasteiger partial charge is 0.305 e. The zero-order valence-corrected chi connectivity index (χ0v) is 11.7. The second-order valence-electron chi connectivity index (χ2n) is 4.64. The first-order valence-electron chi connectivity index (χ1n) is 7.07. The molecule has 0 spiro atoms. The van der Waals surface area contributed by atoms with Gasteiger partial charge >= 0.3 is 5.97 Å². The van der Waals surface area contributed by atoms with Crippen LogP contribution >= 0.6 is 0 Å². The van der Waals surface area contributed by atoms with Gasteiger partial charge in [0.15, 0.2) is 0 Å². The number of hydrogen-bond donors (Lipinski definition) is 2. The molecule has 6 heteroatoms. The van der Waals surface area contributed by atoms with Crippen molar-refractivity contribution in [2.45, 2.75) is 26.2 Å². The Morgan fingerprint density at radius 1 is 1.32 bits per heavy atom. The maximum absolute atomic E-state index is 11.7. The number of amides is 1. The minimum atomic E-state index is -0.199. The number of carbonyl (C=O) groups is 2. The van der Waals surface area contributed by atoms with Gasteiger partial charge in [-0.05, 0) is 32.9 Å². The van der Waals surface area contributed by atoms with Gasteiger partial charge in [-0.15, -0.1) is 0 Å². The third-order valence-electron chi connectivity index (χ3n) is 2.99. The maximum Gasteiger partial charge on any atom is 0.305 e. The van der Waals surface area contributed by atoms with Gasteiger partial charge in [0.25, 0.3) is 0 Å². The highest BCUT2D eigenvalue weighted by Gasteiger charge is 2.12. The zero-order chi connectivity index (χ0) is 13.9. The van der Waals surface area contributed by atoms with Gasteiger partial charge < -0.3 is 15.4 Å². The molecule has 0 aliphatic carbocycles. The molecule has 1 rings (SSSR count). The third kappa shape index (κ3) is 7.79. The normalized spacial score (nSPS) is 16.7. The van der Waals surface area contributed by atoms with Crippen LogP contribution in [0.2, 0.25) is 0 Å². The van der Waals surface area contributed by atoms with Gasteiger partial charge in [0.2, 0.25) is 5.91 Å². The van der Waals surface area contributed by atoms with E-state index in [1.807, 2.05) is 0 Å². The van der Waals surface area contributed by atoms with Crippen molar-refractivity contribution < 1.29 is 14.3 Å². The Hall–Kier alpha value is -1.14. The van der Waals surface area contributed by atoms with Crippen molar-refractivity contribution in [2.75, 3.05) is 45.9 Å². The molecule has 0 aromatic heterocycles. The molecule has 1 saturated heterocycles. The van der Waals surface area contributed by atoms with Crippen molar-refractivity contribution in [1.29, 1.82) is 0 Å². The van der Waals surface area contributed by atoms with E-state index in [-0.39, 0.29) is 11.9 Å². The van der Waals surface area contributed by atoms with Gasteiger partial charge in [-0.1, -0.05) is 0 Å². The minimum absolute atomic E-state index is 0.0331. The molecule has 0 unspecified atom stereocenters. The lowest BCUT2D eigenvalue weighted by atomic mass is 10.3. The van der Waals surface area contributed by atoms with Crippen LogP contribution in [0.1, 0.15) is 26.2 Å². The molecule has 1 amide bonds. The first-order valence-corrected chi connectivity index (χ1v) is 7.07. The Bertz CT molecular complexity index is 276. The molecular formula is C13H25N3O3. The van der Waals surface area contributed by atoms with E-state index < -0.39 is 0 Å². The van der Waals surface area contributed by atoms with Crippen molar-refractivity contribution in [3.8, 4) is 0 Å². The molecule has 1 fully saturated rings. The van der Waals surface area contributed by atoms with Crippen molar-refractivity contribution in [1.82, 2.24) is 15.5 Å². The highest BCUT2D eigenvalue weighted by molar-refractivity contribution is 5.78. The zero-order valence-electron chi connectivity index (χ0n) is 11.7. The molecule has 1 heterocycles. The first kappa shape index (κ1) is 15.9. The molecule has 1 aliphatic heterocycles. The molecular weight excluding hydrogens is 246 g/mol. The van der Waals surface area contributed by atoms with Gasteiger partial charge in [0, 0.05) is 26.1 Å². The van der Waals surface area contributed by atoms with Crippen LogP contribution in [0, 0.1) is 0 Å². The predicted octanol–water partition coefficient (Wildman–Crippen LogP) is -0.259. The summed E-state index contributed by atoms with van der Waals surface area (Å²) in [6, 6.07) is 0. The highest BCUT2D eigenvalue weighted by atomic mass is 16.5. The lowest BCUT2D eigenvalue weighted by Gasteiger charge is -2.18. The molecule has 0 bridgehead atoms. The summed E-state index contributed by atoms with van der Waals surface area (Å²) >= 11 is 0. The average Bonchev–Trinajstić information content (AvgIpc) is 2.64. The summed E-state index contributed by atoms with van der Waals surface area (Å²) in [5.41, 5.74) is 0. The molecule has 110 valence electrons. The lowest BCUT2D eigenvalue weighted by molar-refractivity contribution is -0.143. The van der Waals surface area contributed by atoms with Crippen LogP contribution in [0.5, 0.6) is 0 Å². The molecule has 0 aromatic carbocycles. The molecule has 0 saturated carbocycles. The summed E-state index contributed by atoms with van der Waals surface area (Å²) in [6.07, 6.45) is 2.07. The number of nitrogens with zero attached hydrogens (tertiary/aromatic N) is 1. The molecule has 6 nitrogen and oxygen atoms in total. The summed E-state index contributed by atoms with van der Waals surface area (Å²) in [7, 11) is 0. The number of nitrogens with one attached hydrogen (secondary N) is 2. The number of carbonyl (C=O) groups excluding carboxylic acids is 2. The second kappa shape index (κ2) is 9.75. The molecule has 2 N–H and O–H groups in total. The van der Waals surface area contributed by atoms with Crippen molar-refractivity contribution >= 4 is 11.9 Å². The second-order valence-corrected chi connectivity index (χ2v) is 4.64. The van der Waals surface area contributed by atoms with Crippen LogP contribution in [-0.4, -0.2) is 62.7 Å². The van der Waals surface area contributed by atoms with Crippen LogP contribution in [0.4, 0.5) is 0 Å². The van der Waals surface area contributed by atoms with Gasteiger partial charge in [0.05, 0.1) is 13.2 Å². The summed E-state index contributed by atoms with van der Waals surface area (Å²) in [4.78, 5) is 25.0. The van der Waals surface area contributed by atoms with E-state index in [1.54, 1.807) is 6.92 Å². The Balaban J connectivity index is 2.05. The Kier molecular flexibility index (Phi) is 8.16. The number of ether oxygens (including phenoxy) is 1. The topological polar surface area (TPSA) is 70.7 Å². The molecule has 19 heavy (non-hydrogen) atoms. The van der Waals surface area contributed by atoms with E-state index in [0.717, 1.165) is 32.6 Å². The largest absolute Gasteiger partial charge is 0.466 e. The molecule has 0 radical (unpaired) electrons. The van der Waals surface area contributed by atoms with Crippen LogP contribution in [-0.2, 0) is 14.3 Å². The van der Waals surface area contributed by atoms with Crippen LogP contribution in [0.3, 0.4) is 0 Å². The van der Waals surface area contributed by atoms with E-state index in [9.17, 15) is 9.59 Å². The van der Waals surface area contributed by atoms with Crippen LogP contribution in [0.25, 0.3) is 0 Å². The Labute approximate surface area is 114 Å². The Morgan fingerprint density at radius 2 is 2.16 bits per heavy atom. The fourth-order valence-corrected chi connectivity index (χ4v) is 2.01. The number of rotatable bonds is 7. The van der Waals surface area contributed by atoms with E-state index >= 15 is 0 Å². The minimum Gasteiger partial charge on any atom is -0.466 e. The summed E-state index contributed by atoms with van der Waals surface area (Å²) in [5, 5.41) is 6.14. The Morgan fingerprint density at radius 3 is 2.95 bits per heavy atom. The number of hydrogen-bond acceptors (Lipinski definition) is 5. The maximum atomic E-state index is 11.7. The monoisotopic (exact) mass is 271 g/mol. The lowest BCUT2D eigenvalue weighted by Crippen LogP contribution is -2.39. The SMILES string of the molecule is CCOC(=O)CCCNC(=O)CN1CCCNCC1. The third-order valence-corrected chi connectivity index (χ3v) is 2.99. The first-order chi connectivity index (χ1) is 9.22. The molecule has 1 aliphatic rings. The van der Waals surface area contributed by atoms with E-state index in [2.05, 4.69) is 15.5 Å². The van der Waals surface area contributed by atoms with Crippen LogP contribution < -0.4 is 10.6 Å². The number of esters is 1. The average molecular weight is 271 g/mol. The van der Waals surface area contributed by atoms with Gasteiger partial charge in [-0.2, -0.15) is 0 Å². The fourth-order valence-electron chi connectivity index (χ4n) is 2.01. The predicted molar refractivity (Wildman–Crippen MR) is 72.8 cm³/mol.